The van der Waals surface area contributed by atoms with Gasteiger partial charge in [0.1, 0.15) is 5.60 Å². The van der Waals surface area contributed by atoms with Crippen molar-refractivity contribution in [2.75, 3.05) is 0 Å². The fourth-order valence-electron chi connectivity index (χ4n) is 3.62. The van der Waals surface area contributed by atoms with Crippen molar-refractivity contribution < 1.29 is 31.9 Å². The molecule has 0 saturated heterocycles. The Morgan fingerprint density at radius 1 is 1.06 bits per heavy atom. The molecule has 0 aromatic heterocycles. The number of alkyl carbamates (subject to hydrolysis) is 1. The molecule has 3 rings (SSSR count). The predicted molar refractivity (Wildman–Crippen MR) is 122 cm³/mol. The summed E-state index contributed by atoms with van der Waals surface area (Å²) in [5.41, 5.74) is -0.950. The Kier molecular flexibility index (Phi) is 7.34. The van der Waals surface area contributed by atoms with Crippen LogP contribution in [0.5, 0.6) is 0 Å². The van der Waals surface area contributed by atoms with Gasteiger partial charge >= 0.3 is 12.3 Å². The quantitative estimate of drug-likeness (QED) is 0.198. The molecular formula is C24H21Cl2F4NO3. The number of amides is 1. The summed E-state index contributed by atoms with van der Waals surface area (Å²) in [5, 5.41) is 1.58. The number of aryl methyl sites for hydroxylation is 1. The lowest BCUT2D eigenvalue weighted by Crippen LogP contribution is -2.34. The SMILES string of the molecule is CC(C)(C)OC(=O)NC1CCc2cc(C(=O)C=C(c3cc(Cl)c(F)c(Cl)c3)C(F)(F)F)ccc21. The van der Waals surface area contributed by atoms with E-state index in [1.54, 1.807) is 26.8 Å². The Morgan fingerprint density at radius 2 is 1.68 bits per heavy atom. The van der Waals surface area contributed by atoms with Crippen LogP contribution in [0.1, 0.15) is 60.3 Å². The Morgan fingerprint density at radius 3 is 2.24 bits per heavy atom. The standard InChI is InChI=1S/C24H21Cl2F4NO3/c1-23(2,3)34-22(33)31-19-7-5-12-8-13(4-6-15(12)19)20(32)11-16(24(28,29)30)14-9-17(25)21(27)18(26)10-14/h4,6,8-11,19H,5,7H2,1-3H3,(H,31,33). The molecule has 0 bridgehead atoms. The van der Waals surface area contributed by atoms with Crippen LogP contribution >= 0.6 is 23.2 Å². The number of fused-ring (bicyclic) bond motifs is 1. The van der Waals surface area contributed by atoms with Crippen LogP contribution in [0.15, 0.2) is 36.4 Å². The highest BCUT2D eigenvalue weighted by Gasteiger charge is 2.36. The number of ketones is 1. The van der Waals surface area contributed by atoms with Gasteiger partial charge in [0, 0.05) is 5.56 Å². The van der Waals surface area contributed by atoms with Gasteiger partial charge in [-0.2, -0.15) is 13.2 Å². The topological polar surface area (TPSA) is 55.4 Å². The maximum atomic E-state index is 13.7. The third-order valence-corrected chi connectivity index (χ3v) is 5.62. The van der Waals surface area contributed by atoms with E-state index in [4.69, 9.17) is 27.9 Å². The van der Waals surface area contributed by atoms with Crippen LogP contribution in [0.25, 0.3) is 5.57 Å². The molecule has 1 aliphatic rings. The molecule has 182 valence electrons. The minimum absolute atomic E-state index is 0.0396. The van der Waals surface area contributed by atoms with Gasteiger partial charge in [-0.15, -0.1) is 0 Å². The van der Waals surface area contributed by atoms with Gasteiger partial charge in [0.2, 0.25) is 0 Å². The number of carbonyl (C=O) groups is 2. The van der Waals surface area contributed by atoms with Crippen LogP contribution in [0.4, 0.5) is 22.4 Å². The molecule has 0 saturated carbocycles. The zero-order valence-corrected chi connectivity index (χ0v) is 20.0. The van der Waals surface area contributed by atoms with E-state index < -0.39 is 50.7 Å². The molecule has 0 heterocycles. The average molecular weight is 518 g/mol. The van der Waals surface area contributed by atoms with Crippen molar-refractivity contribution in [3.8, 4) is 0 Å². The van der Waals surface area contributed by atoms with Crippen molar-refractivity contribution >= 4 is 40.7 Å². The summed E-state index contributed by atoms with van der Waals surface area (Å²) in [5.74, 6) is -1.94. The Hall–Kier alpha value is -2.58. The number of rotatable bonds is 4. The van der Waals surface area contributed by atoms with Crippen LogP contribution in [-0.2, 0) is 11.2 Å². The van der Waals surface area contributed by atoms with Crippen molar-refractivity contribution in [1.29, 1.82) is 0 Å². The van der Waals surface area contributed by atoms with Gasteiger partial charge in [0.25, 0.3) is 0 Å². The van der Waals surface area contributed by atoms with Gasteiger partial charge in [-0.1, -0.05) is 35.3 Å². The molecule has 1 unspecified atom stereocenters. The van der Waals surface area contributed by atoms with Crippen molar-refractivity contribution in [3.05, 3.63) is 74.5 Å². The maximum absolute atomic E-state index is 13.7. The number of halogens is 6. The summed E-state index contributed by atoms with van der Waals surface area (Å²) in [4.78, 5) is 24.8. The number of nitrogens with one attached hydrogen (secondary N) is 1. The van der Waals surface area contributed by atoms with Crippen LogP contribution < -0.4 is 5.32 Å². The van der Waals surface area contributed by atoms with E-state index in [0.29, 0.717) is 18.9 Å². The molecule has 10 heteroatoms. The van der Waals surface area contributed by atoms with Gasteiger partial charge in [-0.05, 0) is 74.6 Å². The predicted octanol–water partition coefficient (Wildman–Crippen LogP) is 7.47. The van der Waals surface area contributed by atoms with E-state index in [1.807, 2.05) is 0 Å². The molecule has 1 atom stereocenters. The molecule has 0 radical (unpaired) electrons. The van der Waals surface area contributed by atoms with Crippen LogP contribution in [0.3, 0.4) is 0 Å². The number of ether oxygens (including phenoxy) is 1. The highest BCUT2D eigenvalue weighted by atomic mass is 35.5. The number of benzene rings is 2. The molecule has 1 aliphatic carbocycles. The minimum atomic E-state index is -4.92. The van der Waals surface area contributed by atoms with E-state index in [0.717, 1.165) is 23.3 Å². The molecule has 0 spiro atoms. The third kappa shape index (κ3) is 6.10. The molecule has 4 nitrogen and oxygen atoms in total. The number of carbonyl (C=O) groups excluding carboxylic acids is 2. The van der Waals surface area contributed by atoms with Crippen LogP contribution in [-0.4, -0.2) is 23.7 Å². The molecule has 2 aromatic rings. The molecule has 1 amide bonds. The summed E-state index contributed by atoms with van der Waals surface area (Å²) in [6, 6.07) is 5.70. The van der Waals surface area contributed by atoms with Crippen molar-refractivity contribution in [3.63, 3.8) is 0 Å². The lowest BCUT2D eigenvalue weighted by atomic mass is 9.98. The first-order chi connectivity index (χ1) is 15.7. The van der Waals surface area contributed by atoms with Crippen molar-refractivity contribution in [2.45, 2.75) is 51.4 Å². The highest BCUT2D eigenvalue weighted by Crippen LogP contribution is 2.38. The monoisotopic (exact) mass is 517 g/mol. The van der Waals surface area contributed by atoms with E-state index in [9.17, 15) is 27.2 Å². The van der Waals surface area contributed by atoms with Crippen LogP contribution in [0.2, 0.25) is 10.0 Å². The number of hydrogen-bond donors (Lipinski definition) is 1. The first-order valence-electron chi connectivity index (χ1n) is 10.3. The van der Waals surface area contributed by atoms with E-state index >= 15 is 0 Å². The van der Waals surface area contributed by atoms with Crippen molar-refractivity contribution in [2.24, 2.45) is 0 Å². The van der Waals surface area contributed by atoms with Gasteiger partial charge in [-0.3, -0.25) is 4.79 Å². The van der Waals surface area contributed by atoms with E-state index in [2.05, 4.69) is 5.32 Å². The van der Waals surface area contributed by atoms with Gasteiger partial charge in [0.05, 0.1) is 21.7 Å². The fourth-order valence-corrected chi connectivity index (χ4v) is 4.11. The molecular weight excluding hydrogens is 497 g/mol. The van der Waals surface area contributed by atoms with Gasteiger partial charge in [-0.25, -0.2) is 9.18 Å². The van der Waals surface area contributed by atoms with Crippen molar-refractivity contribution in [1.82, 2.24) is 5.32 Å². The maximum Gasteiger partial charge on any atom is 0.417 e. The summed E-state index contributed by atoms with van der Waals surface area (Å²) < 4.78 is 60.0. The van der Waals surface area contributed by atoms with Crippen LogP contribution in [0, 0.1) is 5.82 Å². The molecule has 1 N–H and O–H groups in total. The Balaban J connectivity index is 1.88. The summed E-state index contributed by atoms with van der Waals surface area (Å²) in [7, 11) is 0. The zero-order chi connectivity index (χ0) is 25.4. The summed E-state index contributed by atoms with van der Waals surface area (Å²) in [6.07, 6.45) is -3.98. The third-order valence-electron chi connectivity index (χ3n) is 5.07. The normalized spacial score (nSPS) is 16.3. The van der Waals surface area contributed by atoms with E-state index in [-0.39, 0.29) is 11.6 Å². The second kappa shape index (κ2) is 9.58. The average Bonchev–Trinajstić information content (AvgIpc) is 3.09. The highest BCUT2D eigenvalue weighted by molar-refractivity contribution is 6.35. The first kappa shape index (κ1) is 26.0. The second-order valence-electron chi connectivity index (χ2n) is 8.82. The van der Waals surface area contributed by atoms with Gasteiger partial charge < -0.3 is 10.1 Å². The molecule has 2 aromatic carbocycles. The summed E-state index contributed by atoms with van der Waals surface area (Å²) >= 11 is 11.3. The minimum Gasteiger partial charge on any atom is -0.444 e. The summed E-state index contributed by atoms with van der Waals surface area (Å²) in [6.45, 7) is 5.22. The van der Waals surface area contributed by atoms with Gasteiger partial charge in [0.15, 0.2) is 11.6 Å². The number of allylic oxidation sites excluding steroid dienone is 2. The largest absolute Gasteiger partial charge is 0.444 e. The fraction of sp³-hybridized carbons (Fsp3) is 0.333. The molecule has 0 fully saturated rings. The van der Waals surface area contributed by atoms with E-state index in [1.165, 1.54) is 12.1 Å². The zero-order valence-electron chi connectivity index (χ0n) is 18.4. The lowest BCUT2D eigenvalue weighted by molar-refractivity contribution is -0.0689. The Bertz CT molecular complexity index is 1150. The lowest BCUT2D eigenvalue weighted by Gasteiger charge is -2.22. The molecule has 34 heavy (non-hydrogen) atoms. The first-order valence-corrected chi connectivity index (χ1v) is 11.0. The Labute approximate surface area is 203 Å². The molecule has 0 aliphatic heterocycles. The smallest absolute Gasteiger partial charge is 0.417 e. The number of hydrogen-bond acceptors (Lipinski definition) is 3. The second-order valence-corrected chi connectivity index (χ2v) is 9.64. The number of alkyl halides is 3.